The van der Waals surface area contributed by atoms with E-state index in [2.05, 4.69) is 19.1 Å². The summed E-state index contributed by atoms with van der Waals surface area (Å²) in [5, 5.41) is 0. The first-order chi connectivity index (χ1) is 5.79. The van der Waals surface area contributed by atoms with Gasteiger partial charge in [0.05, 0.1) is 0 Å². The van der Waals surface area contributed by atoms with Crippen LogP contribution in [0.25, 0.3) is 0 Å². The lowest BCUT2D eigenvalue weighted by Gasteiger charge is -2.12. The molecule has 12 heavy (non-hydrogen) atoms. The third-order valence-electron chi connectivity index (χ3n) is 2.25. The van der Waals surface area contributed by atoms with E-state index < -0.39 is 0 Å². The first-order valence-corrected chi connectivity index (χ1v) is 4.72. The number of allylic oxidation sites excluding steroid dienone is 4. The first-order valence-electron chi connectivity index (χ1n) is 4.72. The Kier molecular flexibility index (Phi) is 3.27. The summed E-state index contributed by atoms with van der Waals surface area (Å²) < 4.78 is 0. The normalized spacial score (nSPS) is 16.8. The molecule has 1 heteroatoms. The van der Waals surface area contributed by atoms with Crippen LogP contribution >= 0.6 is 0 Å². The van der Waals surface area contributed by atoms with Gasteiger partial charge in [-0.3, -0.25) is 4.79 Å². The van der Waals surface area contributed by atoms with Gasteiger partial charge in [0, 0.05) is 12.0 Å². The fourth-order valence-electron chi connectivity index (χ4n) is 1.54. The molecule has 0 amide bonds. The summed E-state index contributed by atoms with van der Waals surface area (Å²) in [5.74, 6) is 0.294. The van der Waals surface area contributed by atoms with Gasteiger partial charge < -0.3 is 0 Å². The minimum atomic E-state index is 0.294. The van der Waals surface area contributed by atoms with Crippen molar-refractivity contribution < 1.29 is 4.79 Å². The highest BCUT2D eigenvalue weighted by Gasteiger charge is 2.12. The molecule has 0 spiro atoms. The Morgan fingerprint density at radius 2 is 2.00 bits per heavy atom. The zero-order chi connectivity index (χ0) is 8.97. The molecule has 0 saturated carbocycles. The highest BCUT2D eigenvalue weighted by Crippen LogP contribution is 2.22. The van der Waals surface area contributed by atoms with Crippen molar-refractivity contribution in [2.45, 2.75) is 39.5 Å². The van der Waals surface area contributed by atoms with E-state index in [-0.39, 0.29) is 0 Å². The van der Waals surface area contributed by atoms with Crippen LogP contribution in [0.1, 0.15) is 39.5 Å². The van der Waals surface area contributed by atoms with Crippen molar-refractivity contribution in [2.24, 2.45) is 0 Å². The Labute approximate surface area is 74.2 Å². The predicted molar refractivity (Wildman–Crippen MR) is 51.0 cm³/mol. The van der Waals surface area contributed by atoms with E-state index in [0.717, 1.165) is 24.8 Å². The molecule has 0 unspecified atom stereocenters. The monoisotopic (exact) mass is 164 g/mol. The van der Waals surface area contributed by atoms with E-state index in [1.807, 2.05) is 6.92 Å². The molecule has 1 nitrogen and oxygen atoms in total. The van der Waals surface area contributed by atoms with Crippen LogP contribution in [0.3, 0.4) is 0 Å². The molecule has 1 aliphatic carbocycles. The summed E-state index contributed by atoms with van der Waals surface area (Å²) in [6.45, 7) is 4.03. The lowest BCUT2D eigenvalue weighted by molar-refractivity contribution is -0.115. The van der Waals surface area contributed by atoms with Crippen molar-refractivity contribution >= 4 is 5.78 Å². The average Bonchev–Trinajstić information content (AvgIpc) is 2.16. The number of ketones is 1. The summed E-state index contributed by atoms with van der Waals surface area (Å²) in [7, 11) is 0. The van der Waals surface area contributed by atoms with Gasteiger partial charge in [0.1, 0.15) is 0 Å². The zero-order valence-electron chi connectivity index (χ0n) is 7.89. The van der Waals surface area contributed by atoms with Gasteiger partial charge >= 0.3 is 0 Å². The van der Waals surface area contributed by atoms with Crippen molar-refractivity contribution in [2.75, 3.05) is 0 Å². The highest BCUT2D eigenvalue weighted by atomic mass is 16.1. The van der Waals surface area contributed by atoms with Gasteiger partial charge in [-0.1, -0.05) is 26.0 Å². The molecule has 66 valence electrons. The Bertz CT molecular complexity index is 233. The van der Waals surface area contributed by atoms with Crippen molar-refractivity contribution in [3.8, 4) is 0 Å². The largest absolute Gasteiger partial charge is 0.294 e. The van der Waals surface area contributed by atoms with Gasteiger partial charge in [-0.25, -0.2) is 0 Å². The van der Waals surface area contributed by atoms with Gasteiger partial charge in [0.2, 0.25) is 0 Å². The number of hydrogen-bond acceptors (Lipinski definition) is 1. The fraction of sp³-hybridized carbons (Fsp3) is 0.545. The maximum Gasteiger partial charge on any atom is 0.162 e. The van der Waals surface area contributed by atoms with Crippen LogP contribution in [0.4, 0.5) is 0 Å². The van der Waals surface area contributed by atoms with Crippen LogP contribution in [0.2, 0.25) is 0 Å². The SMILES string of the molecule is CCC(=O)C1=CCCC=C1CC. The van der Waals surface area contributed by atoms with E-state index >= 15 is 0 Å². The molecule has 0 aromatic rings. The van der Waals surface area contributed by atoms with Crippen molar-refractivity contribution in [3.05, 3.63) is 23.3 Å². The summed E-state index contributed by atoms with van der Waals surface area (Å²) in [5.41, 5.74) is 2.22. The third kappa shape index (κ3) is 1.84. The smallest absolute Gasteiger partial charge is 0.162 e. The number of carbonyl (C=O) groups is 1. The molecule has 0 radical (unpaired) electrons. The molecule has 0 aromatic carbocycles. The Morgan fingerprint density at radius 3 is 2.58 bits per heavy atom. The summed E-state index contributed by atoms with van der Waals surface area (Å²) in [6.07, 6.45) is 8.03. The van der Waals surface area contributed by atoms with E-state index in [1.54, 1.807) is 0 Å². The molecule has 0 bridgehead atoms. The molecule has 0 atom stereocenters. The van der Waals surface area contributed by atoms with Gasteiger partial charge in [-0.05, 0) is 24.8 Å². The second-order valence-corrected chi connectivity index (χ2v) is 3.05. The molecule has 1 rings (SSSR count). The summed E-state index contributed by atoms with van der Waals surface area (Å²) in [6, 6.07) is 0. The topological polar surface area (TPSA) is 17.1 Å². The van der Waals surface area contributed by atoms with Crippen molar-refractivity contribution in [1.82, 2.24) is 0 Å². The molecule has 0 aromatic heterocycles. The second kappa shape index (κ2) is 4.24. The van der Waals surface area contributed by atoms with E-state index in [0.29, 0.717) is 12.2 Å². The first kappa shape index (κ1) is 9.24. The molecular weight excluding hydrogens is 148 g/mol. The zero-order valence-corrected chi connectivity index (χ0v) is 7.89. The molecular formula is C11H16O. The van der Waals surface area contributed by atoms with E-state index in [9.17, 15) is 4.79 Å². The number of rotatable bonds is 3. The van der Waals surface area contributed by atoms with Gasteiger partial charge in [0.25, 0.3) is 0 Å². The standard InChI is InChI=1S/C11H16O/c1-3-9-7-5-6-8-10(9)11(12)4-2/h7-8H,3-6H2,1-2H3. The van der Waals surface area contributed by atoms with E-state index in [1.165, 1.54) is 5.57 Å². The van der Waals surface area contributed by atoms with E-state index in [4.69, 9.17) is 0 Å². The molecule has 0 saturated heterocycles. The molecule has 1 aliphatic rings. The molecule has 0 aliphatic heterocycles. The molecule has 0 fully saturated rings. The molecule has 0 N–H and O–H groups in total. The predicted octanol–water partition coefficient (Wildman–Crippen LogP) is 3.02. The number of Topliss-reactive ketones (excluding diaryl/α,β-unsaturated/α-hetero) is 1. The number of carbonyl (C=O) groups excluding carboxylic acids is 1. The highest BCUT2D eigenvalue weighted by molar-refractivity contribution is 5.99. The van der Waals surface area contributed by atoms with Crippen LogP contribution in [-0.2, 0) is 4.79 Å². The Balaban J connectivity index is 2.80. The van der Waals surface area contributed by atoms with Crippen LogP contribution in [0.5, 0.6) is 0 Å². The van der Waals surface area contributed by atoms with Crippen LogP contribution < -0.4 is 0 Å². The third-order valence-corrected chi connectivity index (χ3v) is 2.25. The van der Waals surface area contributed by atoms with Gasteiger partial charge in [0.15, 0.2) is 5.78 Å². The molecule has 0 heterocycles. The van der Waals surface area contributed by atoms with Crippen molar-refractivity contribution in [1.29, 1.82) is 0 Å². The van der Waals surface area contributed by atoms with Crippen LogP contribution in [0.15, 0.2) is 23.3 Å². The van der Waals surface area contributed by atoms with Gasteiger partial charge in [-0.15, -0.1) is 0 Å². The fourth-order valence-corrected chi connectivity index (χ4v) is 1.54. The second-order valence-electron chi connectivity index (χ2n) is 3.05. The maximum atomic E-state index is 11.4. The summed E-state index contributed by atoms with van der Waals surface area (Å²) in [4.78, 5) is 11.4. The lowest BCUT2D eigenvalue weighted by atomic mass is 9.92. The maximum absolute atomic E-state index is 11.4. The quantitative estimate of drug-likeness (QED) is 0.626. The van der Waals surface area contributed by atoms with Crippen LogP contribution in [-0.4, -0.2) is 5.78 Å². The Hall–Kier alpha value is -0.850. The minimum absolute atomic E-state index is 0.294. The lowest BCUT2D eigenvalue weighted by Crippen LogP contribution is -2.05. The van der Waals surface area contributed by atoms with Crippen LogP contribution in [0, 0.1) is 0 Å². The summed E-state index contributed by atoms with van der Waals surface area (Å²) >= 11 is 0. The number of hydrogen-bond donors (Lipinski definition) is 0. The Morgan fingerprint density at radius 1 is 1.33 bits per heavy atom. The van der Waals surface area contributed by atoms with Crippen molar-refractivity contribution in [3.63, 3.8) is 0 Å². The average molecular weight is 164 g/mol. The minimum Gasteiger partial charge on any atom is -0.294 e. The van der Waals surface area contributed by atoms with Gasteiger partial charge in [-0.2, -0.15) is 0 Å².